The highest BCUT2D eigenvalue weighted by atomic mass is 16.8. The third kappa shape index (κ3) is 31.3. The Balaban J connectivity index is 1.45. The zero-order valence-electron chi connectivity index (χ0n) is 52.3. The number of aliphatic hydroxyl groups excluding tert-OH is 11. The van der Waals surface area contributed by atoms with Crippen molar-refractivity contribution in [1.82, 2.24) is 5.32 Å². The van der Waals surface area contributed by atoms with Crippen LogP contribution in [-0.4, -0.2) is 193 Å². The summed E-state index contributed by atoms with van der Waals surface area (Å²) in [6.07, 6.45) is 32.5. The van der Waals surface area contributed by atoms with E-state index in [0.29, 0.717) is 12.8 Å². The van der Waals surface area contributed by atoms with Crippen molar-refractivity contribution in [2.24, 2.45) is 0 Å². The van der Waals surface area contributed by atoms with Crippen molar-refractivity contribution < 1.29 is 89.4 Å². The predicted molar refractivity (Wildman–Crippen MR) is 332 cm³/mol. The Kier molecular flexibility index (Phi) is 44.1. The first-order valence-electron chi connectivity index (χ1n) is 33.2. The molecule has 3 saturated heterocycles. The minimum absolute atomic E-state index is 0.245. The van der Waals surface area contributed by atoms with Crippen molar-refractivity contribution >= 4 is 5.91 Å². The Morgan fingerprint density at radius 3 is 1.26 bits per heavy atom. The molecule has 12 N–H and O–H groups in total. The highest BCUT2D eigenvalue weighted by Crippen LogP contribution is 2.33. The highest BCUT2D eigenvalue weighted by Gasteiger charge is 2.53. The maximum atomic E-state index is 13.4. The van der Waals surface area contributed by atoms with E-state index in [4.69, 9.17) is 28.4 Å². The first kappa shape index (κ1) is 77.5. The average Bonchev–Trinajstić information content (AvgIpc) is 3.70. The van der Waals surface area contributed by atoms with Gasteiger partial charge in [-0.25, -0.2) is 0 Å². The SMILES string of the molecule is CC/C=C\C/C=C\C/C=C\C/C=C\C/C=C\C/C=C\CCCCCCCCC(=O)NC(COC1OC(CO)C(OC2OC(CO)C(OC3OC(CO)C(O)C(O)C3O)C(O)C2O)C(O)C1O)C(O)CCCCCCCCCCCCCCCCCC. The van der Waals surface area contributed by atoms with Crippen molar-refractivity contribution in [3.8, 4) is 0 Å². The lowest BCUT2D eigenvalue weighted by atomic mass is 9.96. The van der Waals surface area contributed by atoms with Crippen molar-refractivity contribution in [3.05, 3.63) is 72.9 Å². The van der Waals surface area contributed by atoms with Crippen molar-refractivity contribution in [3.63, 3.8) is 0 Å². The quantitative estimate of drug-likeness (QED) is 0.0204. The van der Waals surface area contributed by atoms with E-state index < -0.39 is 124 Å². The molecule has 1 amide bonds. The topological polar surface area (TPSA) is 307 Å². The predicted octanol–water partition coefficient (Wildman–Crippen LogP) is 7.77. The molecule has 3 aliphatic heterocycles. The number of rotatable bonds is 49. The molecule has 0 bridgehead atoms. The van der Waals surface area contributed by atoms with Crippen LogP contribution >= 0.6 is 0 Å². The molecule has 3 heterocycles. The van der Waals surface area contributed by atoms with Gasteiger partial charge in [0.15, 0.2) is 18.9 Å². The Morgan fingerprint density at radius 1 is 0.430 bits per heavy atom. The van der Waals surface area contributed by atoms with Gasteiger partial charge in [-0.15, -0.1) is 0 Å². The number of carbonyl (C=O) groups excluding carboxylic acids is 1. The average molecular weight is 1220 g/mol. The van der Waals surface area contributed by atoms with E-state index in [1.54, 1.807) is 0 Å². The molecular formula is C67H117NO18. The van der Waals surface area contributed by atoms with E-state index >= 15 is 0 Å². The van der Waals surface area contributed by atoms with E-state index in [-0.39, 0.29) is 18.9 Å². The monoisotopic (exact) mass is 1220 g/mol. The molecule has 0 spiro atoms. The Labute approximate surface area is 515 Å². The lowest BCUT2D eigenvalue weighted by molar-refractivity contribution is -0.379. The van der Waals surface area contributed by atoms with Crippen LogP contribution in [0, 0.1) is 0 Å². The number of nitrogens with one attached hydrogen (secondary N) is 1. The van der Waals surface area contributed by atoms with Gasteiger partial charge in [-0.05, 0) is 64.2 Å². The number of hydrogen-bond acceptors (Lipinski definition) is 18. The number of carbonyl (C=O) groups is 1. The second-order valence-electron chi connectivity index (χ2n) is 23.6. The maximum Gasteiger partial charge on any atom is 0.220 e. The number of unbranched alkanes of at least 4 members (excludes halogenated alkanes) is 21. The van der Waals surface area contributed by atoms with Gasteiger partial charge >= 0.3 is 0 Å². The van der Waals surface area contributed by atoms with Gasteiger partial charge in [0.25, 0.3) is 0 Å². The number of allylic oxidation sites excluding steroid dienone is 12. The van der Waals surface area contributed by atoms with Gasteiger partial charge in [-0.3, -0.25) is 4.79 Å². The lowest BCUT2D eigenvalue weighted by Crippen LogP contribution is -2.66. The third-order valence-corrected chi connectivity index (χ3v) is 16.3. The Hall–Kier alpha value is -2.77. The minimum Gasteiger partial charge on any atom is -0.394 e. The van der Waals surface area contributed by atoms with Crippen LogP contribution in [0.3, 0.4) is 0 Å². The number of hydrogen-bond donors (Lipinski definition) is 12. The summed E-state index contributed by atoms with van der Waals surface area (Å²) >= 11 is 0. The Morgan fingerprint density at radius 2 is 0.802 bits per heavy atom. The molecule has 498 valence electrons. The molecule has 3 aliphatic rings. The second kappa shape index (κ2) is 49.0. The van der Waals surface area contributed by atoms with Crippen LogP contribution < -0.4 is 5.32 Å². The smallest absolute Gasteiger partial charge is 0.220 e. The molecule has 86 heavy (non-hydrogen) atoms. The summed E-state index contributed by atoms with van der Waals surface area (Å²) in [6, 6.07) is -0.900. The fraction of sp³-hybridized carbons (Fsp3) is 0.806. The molecule has 19 nitrogen and oxygen atoms in total. The second-order valence-corrected chi connectivity index (χ2v) is 23.6. The zero-order valence-corrected chi connectivity index (χ0v) is 52.3. The van der Waals surface area contributed by atoms with Crippen molar-refractivity contribution in [2.75, 3.05) is 26.4 Å². The molecular weight excluding hydrogens is 1110 g/mol. The molecule has 17 unspecified atom stereocenters. The van der Waals surface area contributed by atoms with Crippen LogP contribution in [0.1, 0.15) is 213 Å². The normalized spacial score (nSPS) is 29.2. The van der Waals surface area contributed by atoms with Crippen LogP contribution in [0.4, 0.5) is 0 Å². The van der Waals surface area contributed by atoms with Gasteiger partial charge in [0.2, 0.25) is 5.91 Å². The molecule has 17 atom stereocenters. The van der Waals surface area contributed by atoms with Crippen LogP contribution in [0.5, 0.6) is 0 Å². The molecule has 0 aliphatic carbocycles. The summed E-state index contributed by atoms with van der Waals surface area (Å²) in [7, 11) is 0. The molecule has 0 aromatic rings. The summed E-state index contributed by atoms with van der Waals surface area (Å²) in [5.41, 5.74) is 0. The number of aliphatic hydroxyl groups is 11. The Bertz CT molecular complexity index is 1850. The summed E-state index contributed by atoms with van der Waals surface area (Å²) < 4.78 is 34.4. The minimum atomic E-state index is -1.98. The van der Waals surface area contributed by atoms with E-state index in [1.165, 1.54) is 77.0 Å². The van der Waals surface area contributed by atoms with Crippen molar-refractivity contribution in [1.29, 1.82) is 0 Å². The molecule has 3 fully saturated rings. The summed E-state index contributed by atoms with van der Waals surface area (Å²) in [6.45, 7) is 1.66. The summed E-state index contributed by atoms with van der Waals surface area (Å²) in [5.74, 6) is -0.260. The molecule has 0 aromatic heterocycles. The molecule has 19 heteroatoms. The van der Waals surface area contributed by atoms with Gasteiger partial charge in [0.1, 0.15) is 73.2 Å². The molecule has 0 radical (unpaired) electrons. The van der Waals surface area contributed by atoms with E-state index in [9.17, 15) is 61.0 Å². The third-order valence-electron chi connectivity index (χ3n) is 16.3. The maximum absolute atomic E-state index is 13.4. The van der Waals surface area contributed by atoms with Crippen molar-refractivity contribution in [2.45, 2.75) is 317 Å². The molecule has 0 aromatic carbocycles. The fourth-order valence-electron chi connectivity index (χ4n) is 10.9. The van der Waals surface area contributed by atoms with Gasteiger partial charge in [0.05, 0.1) is 38.6 Å². The lowest BCUT2D eigenvalue weighted by Gasteiger charge is -2.48. The van der Waals surface area contributed by atoms with Gasteiger partial charge < -0.3 is 89.9 Å². The zero-order chi connectivity index (χ0) is 62.6. The highest BCUT2D eigenvalue weighted by molar-refractivity contribution is 5.76. The standard InChI is InChI=1S/C67H117NO18/c1-3-5-7-9-11-13-15-17-19-21-22-23-24-25-26-27-28-29-31-33-35-37-39-41-43-45-55(73)68-50(51(72)44-42-40-38-36-34-32-30-20-18-16-14-12-10-8-6-4-2)49-81-65-61(79)58(76)63(53(47-70)83-65)86-67-62(80)59(77)64(54(48-71)84-67)85-66-60(78)57(75)56(74)52(46-69)82-66/h5,7,11,13,17,19,22-23,25-26,28-29,50-54,56-67,69-72,74-80H,3-4,6,8-10,12,14-16,18,20-21,24,27,30-49H2,1-2H3,(H,68,73)/b7-5-,13-11-,19-17-,23-22-,26-25-,29-28-. The first-order valence-corrected chi connectivity index (χ1v) is 33.2. The van der Waals surface area contributed by atoms with Crippen LogP contribution in [-0.2, 0) is 33.2 Å². The van der Waals surface area contributed by atoms with E-state index in [0.717, 1.165) is 103 Å². The van der Waals surface area contributed by atoms with Crippen LogP contribution in [0.2, 0.25) is 0 Å². The van der Waals surface area contributed by atoms with Crippen LogP contribution in [0.15, 0.2) is 72.9 Å². The number of ether oxygens (including phenoxy) is 6. The van der Waals surface area contributed by atoms with Gasteiger partial charge in [-0.2, -0.15) is 0 Å². The van der Waals surface area contributed by atoms with Crippen LogP contribution in [0.25, 0.3) is 0 Å². The molecule has 0 saturated carbocycles. The van der Waals surface area contributed by atoms with Gasteiger partial charge in [0, 0.05) is 6.42 Å². The molecule has 3 rings (SSSR count). The summed E-state index contributed by atoms with van der Waals surface area (Å²) in [4.78, 5) is 13.4. The number of amides is 1. The van der Waals surface area contributed by atoms with E-state index in [1.807, 2.05) is 0 Å². The van der Waals surface area contributed by atoms with E-state index in [2.05, 4.69) is 92.1 Å². The van der Waals surface area contributed by atoms with Gasteiger partial charge in [-0.1, -0.05) is 215 Å². The summed E-state index contributed by atoms with van der Waals surface area (Å²) in [5, 5.41) is 121. The largest absolute Gasteiger partial charge is 0.394 e. The first-order chi connectivity index (χ1) is 41.8. The fourth-order valence-corrected chi connectivity index (χ4v) is 10.9.